The minimum Gasteiger partial charge on any atom is -0.305 e. The Kier molecular flexibility index (Phi) is 5.07. The summed E-state index contributed by atoms with van der Waals surface area (Å²) in [5, 5.41) is 0. The van der Waals surface area contributed by atoms with E-state index in [0.717, 1.165) is 12.5 Å². The van der Waals surface area contributed by atoms with Crippen LogP contribution in [-0.2, 0) is 9.84 Å². The molecule has 0 aromatic carbocycles. The monoisotopic (exact) mass is 325 g/mol. The quantitative estimate of drug-likeness (QED) is 0.728. The Hall–Kier alpha value is 0.390. The van der Waals surface area contributed by atoms with Crippen LogP contribution in [0.3, 0.4) is 0 Å². The fourth-order valence-electron chi connectivity index (χ4n) is 1.92. The summed E-state index contributed by atoms with van der Waals surface area (Å²) in [5.74, 6) is 0.999. The molecule has 0 N–H and O–H groups in total. The van der Waals surface area contributed by atoms with Crippen molar-refractivity contribution in [1.82, 2.24) is 4.90 Å². The summed E-state index contributed by atoms with van der Waals surface area (Å²) in [6.07, 6.45) is 2.44. The number of sulfone groups is 1. The molecule has 102 valence electrons. The van der Waals surface area contributed by atoms with Gasteiger partial charge in [-0.25, -0.2) is 8.42 Å². The van der Waals surface area contributed by atoms with E-state index in [1.54, 1.807) is 20.8 Å². The van der Waals surface area contributed by atoms with Gasteiger partial charge in [0.15, 0.2) is 9.84 Å². The average Bonchev–Trinajstić information content (AvgIpc) is 2.10. The molecule has 1 fully saturated rings. The lowest BCUT2D eigenvalue weighted by molar-refractivity contribution is 0.220. The molecule has 17 heavy (non-hydrogen) atoms. The highest BCUT2D eigenvalue weighted by Crippen LogP contribution is 2.33. The van der Waals surface area contributed by atoms with E-state index in [4.69, 9.17) is 0 Å². The van der Waals surface area contributed by atoms with Crippen LogP contribution in [0.5, 0.6) is 0 Å². The Morgan fingerprint density at radius 1 is 1.29 bits per heavy atom. The van der Waals surface area contributed by atoms with Gasteiger partial charge in [0.05, 0.1) is 10.5 Å². The normalized spacial score (nSPS) is 26.0. The van der Waals surface area contributed by atoms with Crippen LogP contribution in [-0.4, -0.2) is 48.8 Å². The molecule has 0 aromatic heterocycles. The SMILES string of the molecule is CN(CCS(=O)(=O)C(C)(C)C)CC1CC(Br)C1. The molecule has 1 rings (SSSR count). The Morgan fingerprint density at radius 3 is 2.24 bits per heavy atom. The van der Waals surface area contributed by atoms with Crippen molar-refractivity contribution in [2.75, 3.05) is 25.9 Å². The van der Waals surface area contributed by atoms with Crippen LogP contribution in [0.25, 0.3) is 0 Å². The maximum absolute atomic E-state index is 11.9. The van der Waals surface area contributed by atoms with Crippen molar-refractivity contribution in [1.29, 1.82) is 0 Å². The molecule has 1 aliphatic rings. The third kappa shape index (κ3) is 4.52. The van der Waals surface area contributed by atoms with E-state index in [2.05, 4.69) is 20.8 Å². The van der Waals surface area contributed by atoms with Gasteiger partial charge in [0, 0.05) is 17.9 Å². The van der Waals surface area contributed by atoms with Crippen molar-refractivity contribution in [3.05, 3.63) is 0 Å². The Morgan fingerprint density at radius 2 is 1.82 bits per heavy atom. The lowest BCUT2D eigenvalue weighted by Crippen LogP contribution is -2.39. The van der Waals surface area contributed by atoms with Crippen LogP contribution in [0.1, 0.15) is 33.6 Å². The molecular weight excluding hydrogens is 302 g/mol. The second kappa shape index (κ2) is 5.57. The molecule has 0 aliphatic heterocycles. The Labute approximate surface area is 114 Å². The second-order valence-electron chi connectivity index (χ2n) is 6.13. The lowest BCUT2D eigenvalue weighted by Gasteiger charge is -2.34. The molecule has 1 aliphatic carbocycles. The van der Waals surface area contributed by atoms with E-state index in [1.165, 1.54) is 12.8 Å². The van der Waals surface area contributed by atoms with Crippen LogP contribution >= 0.6 is 15.9 Å². The van der Waals surface area contributed by atoms with Gasteiger partial charge in [-0.1, -0.05) is 15.9 Å². The molecular formula is C12H24BrNO2S. The largest absolute Gasteiger partial charge is 0.305 e. The molecule has 1 saturated carbocycles. The van der Waals surface area contributed by atoms with E-state index in [-0.39, 0.29) is 5.75 Å². The van der Waals surface area contributed by atoms with E-state index < -0.39 is 14.6 Å². The Balaban J connectivity index is 2.31. The first-order chi connectivity index (χ1) is 7.62. The molecule has 0 aromatic rings. The maximum atomic E-state index is 11.9. The van der Waals surface area contributed by atoms with Crippen molar-refractivity contribution in [3.8, 4) is 0 Å². The van der Waals surface area contributed by atoms with Gasteiger partial charge in [-0.3, -0.25) is 0 Å². The van der Waals surface area contributed by atoms with Crippen molar-refractivity contribution >= 4 is 25.8 Å². The fraction of sp³-hybridized carbons (Fsp3) is 1.00. The number of hydrogen-bond acceptors (Lipinski definition) is 3. The summed E-state index contributed by atoms with van der Waals surface area (Å²) < 4.78 is 23.3. The lowest BCUT2D eigenvalue weighted by atomic mass is 9.85. The van der Waals surface area contributed by atoms with Crippen LogP contribution < -0.4 is 0 Å². The third-order valence-electron chi connectivity index (χ3n) is 3.42. The van der Waals surface area contributed by atoms with Crippen LogP contribution in [0, 0.1) is 5.92 Å². The van der Waals surface area contributed by atoms with Gasteiger partial charge in [0.2, 0.25) is 0 Å². The van der Waals surface area contributed by atoms with Gasteiger partial charge < -0.3 is 4.90 Å². The van der Waals surface area contributed by atoms with Crippen molar-refractivity contribution in [2.24, 2.45) is 5.92 Å². The predicted octanol–water partition coefficient (Wildman–Crippen LogP) is 2.31. The molecule has 0 radical (unpaired) electrons. The highest BCUT2D eigenvalue weighted by atomic mass is 79.9. The smallest absolute Gasteiger partial charge is 0.156 e. The average molecular weight is 326 g/mol. The highest BCUT2D eigenvalue weighted by molar-refractivity contribution is 9.09. The summed E-state index contributed by atoms with van der Waals surface area (Å²) >= 11 is 3.57. The van der Waals surface area contributed by atoms with Crippen molar-refractivity contribution < 1.29 is 8.42 Å². The van der Waals surface area contributed by atoms with Gasteiger partial charge in [0.25, 0.3) is 0 Å². The first-order valence-corrected chi connectivity index (χ1v) is 8.73. The molecule has 0 bridgehead atoms. The highest BCUT2D eigenvalue weighted by Gasteiger charge is 2.30. The molecule has 0 heterocycles. The summed E-state index contributed by atoms with van der Waals surface area (Å²) in [6.45, 7) is 6.96. The maximum Gasteiger partial charge on any atom is 0.156 e. The topological polar surface area (TPSA) is 37.4 Å². The molecule has 0 spiro atoms. The van der Waals surface area contributed by atoms with Gasteiger partial charge in [-0.2, -0.15) is 0 Å². The van der Waals surface area contributed by atoms with E-state index in [0.29, 0.717) is 11.4 Å². The van der Waals surface area contributed by atoms with Crippen LogP contribution in [0.15, 0.2) is 0 Å². The number of nitrogens with zero attached hydrogens (tertiary/aromatic N) is 1. The standard InChI is InChI=1S/C12H24BrNO2S/c1-12(2,3)17(15,16)6-5-14(4)9-10-7-11(13)8-10/h10-11H,5-9H2,1-4H3. The zero-order valence-electron chi connectivity index (χ0n) is 11.2. The first kappa shape index (κ1) is 15.4. The van der Waals surface area contributed by atoms with Gasteiger partial charge >= 0.3 is 0 Å². The number of rotatable bonds is 5. The number of hydrogen-bond donors (Lipinski definition) is 0. The van der Waals surface area contributed by atoms with Gasteiger partial charge in [0.1, 0.15) is 0 Å². The van der Waals surface area contributed by atoms with Gasteiger partial charge in [-0.15, -0.1) is 0 Å². The number of alkyl halides is 1. The molecule has 0 unspecified atom stereocenters. The van der Waals surface area contributed by atoms with Crippen molar-refractivity contribution in [2.45, 2.75) is 43.2 Å². The Bertz CT molecular complexity index is 342. The molecule has 3 nitrogen and oxygen atoms in total. The zero-order valence-corrected chi connectivity index (χ0v) is 13.6. The molecule has 0 saturated heterocycles. The summed E-state index contributed by atoms with van der Waals surface area (Å²) in [5.41, 5.74) is 0. The fourth-order valence-corrected chi connectivity index (χ4v) is 4.14. The van der Waals surface area contributed by atoms with Crippen LogP contribution in [0.4, 0.5) is 0 Å². The minimum absolute atomic E-state index is 0.261. The van der Waals surface area contributed by atoms with E-state index in [1.807, 2.05) is 7.05 Å². The van der Waals surface area contributed by atoms with E-state index >= 15 is 0 Å². The molecule has 5 heteroatoms. The molecule has 0 atom stereocenters. The summed E-state index contributed by atoms with van der Waals surface area (Å²) in [4.78, 5) is 2.83. The summed E-state index contributed by atoms with van der Waals surface area (Å²) in [6, 6.07) is 0. The number of halogens is 1. The third-order valence-corrected chi connectivity index (χ3v) is 6.76. The predicted molar refractivity (Wildman–Crippen MR) is 76.5 cm³/mol. The van der Waals surface area contributed by atoms with E-state index in [9.17, 15) is 8.42 Å². The van der Waals surface area contributed by atoms with Gasteiger partial charge in [-0.05, 0) is 46.6 Å². The van der Waals surface area contributed by atoms with Crippen LogP contribution in [0.2, 0.25) is 0 Å². The molecule has 0 amide bonds. The summed E-state index contributed by atoms with van der Waals surface area (Å²) in [7, 11) is -0.965. The van der Waals surface area contributed by atoms with Crippen molar-refractivity contribution in [3.63, 3.8) is 0 Å². The first-order valence-electron chi connectivity index (χ1n) is 6.17. The second-order valence-corrected chi connectivity index (χ2v) is 10.3. The minimum atomic E-state index is -2.98. The zero-order chi connectivity index (χ0) is 13.3.